The van der Waals surface area contributed by atoms with Gasteiger partial charge in [-0.15, -0.1) is 0 Å². The first kappa shape index (κ1) is 21.4. The van der Waals surface area contributed by atoms with Gasteiger partial charge in [0.15, 0.2) is 6.61 Å². The van der Waals surface area contributed by atoms with Crippen molar-refractivity contribution in [3.63, 3.8) is 0 Å². The van der Waals surface area contributed by atoms with Crippen LogP contribution in [0.5, 0.6) is 0 Å². The lowest BCUT2D eigenvalue weighted by molar-refractivity contribution is -0.125. The third-order valence-electron chi connectivity index (χ3n) is 4.89. The highest BCUT2D eigenvalue weighted by molar-refractivity contribution is 5.94. The zero-order valence-electron chi connectivity index (χ0n) is 17.8. The Kier molecular flexibility index (Phi) is 6.77. The van der Waals surface area contributed by atoms with Crippen LogP contribution in [0.3, 0.4) is 0 Å². The van der Waals surface area contributed by atoms with E-state index in [9.17, 15) is 9.59 Å². The molecular formula is C24H27N3O3. The number of carbonyl (C=O) groups is 2. The Hall–Kier alpha value is -3.28. The van der Waals surface area contributed by atoms with Gasteiger partial charge in [-0.25, -0.2) is 14.8 Å². The fraction of sp³-hybridized carbons (Fsp3) is 0.333. The maximum absolute atomic E-state index is 12.4. The molecule has 0 spiro atoms. The van der Waals surface area contributed by atoms with Crippen molar-refractivity contribution in [2.75, 3.05) is 6.61 Å². The van der Waals surface area contributed by atoms with Crippen LogP contribution in [0.25, 0.3) is 11.0 Å². The molecule has 2 aromatic carbocycles. The Morgan fingerprint density at radius 2 is 1.63 bits per heavy atom. The second-order valence-corrected chi connectivity index (χ2v) is 7.83. The average molecular weight is 405 g/mol. The van der Waals surface area contributed by atoms with E-state index >= 15 is 0 Å². The first-order chi connectivity index (χ1) is 14.3. The predicted octanol–water partition coefficient (Wildman–Crippen LogP) is 4.31. The van der Waals surface area contributed by atoms with E-state index < -0.39 is 5.97 Å². The molecule has 0 saturated carbocycles. The highest BCUT2D eigenvalue weighted by atomic mass is 16.5. The smallest absolute Gasteiger partial charge is 0.338 e. The van der Waals surface area contributed by atoms with Gasteiger partial charge in [-0.3, -0.25) is 4.79 Å². The van der Waals surface area contributed by atoms with E-state index in [4.69, 9.17) is 4.74 Å². The zero-order valence-corrected chi connectivity index (χ0v) is 17.8. The topological polar surface area (TPSA) is 81.2 Å². The summed E-state index contributed by atoms with van der Waals surface area (Å²) in [6, 6.07) is 14.7. The van der Waals surface area contributed by atoms with E-state index in [-0.39, 0.29) is 18.6 Å². The zero-order chi connectivity index (χ0) is 21.7. The van der Waals surface area contributed by atoms with Gasteiger partial charge in [-0.1, -0.05) is 44.2 Å². The summed E-state index contributed by atoms with van der Waals surface area (Å²) in [6.45, 7) is 7.64. The second kappa shape index (κ2) is 9.48. The maximum atomic E-state index is 12.4. The van der Waals surface area contributed by atoms with Crippen molar-refractivity contribution in [1.29, 1.82) is 0 Å². The van der Waals surface area contributed by atoms with E-state index in [1.165, 1.54) is 0 Å². The number of esters is 1. The van der Waals surface area contributed by atoms with Crippen molar-refractivity contribution < 1.29 is 14.3 Å². The van der Waals surface area contributed by atoms with Gasteiger partial charge in [0.1, 0.15) is 0 Å². The Labute approximate surface area is 176 Å². The number of aryl methyl sites for hydroxylation is 2. The van der Waals surface area contributed by atoms with Gasteiger partial charge < -0.3 is 10.1 Å². The Bertz CT molecular complexity index is 1050. The maximum Gasteiger partial charge on any atom is 0.338 e. The van der Waals surface area contributed by atoms with Crippen LogP contribution < -0.4 is 5.32 Å². The van der Waals surface area contributed by atoms with Crippen molar-refractivity contribution in [1.82, 2.24) is 15.3 Å². The summed E-state index contributed by atoms with van der Waals surface area (Å²) in [6.07, 6.45) is 0.797. The molecule has 6 nitrogen and oxygen atoms in total. The Morgan fingerprint density at radius 3 is 2.30 bits per heavy atom. The third-order valence-corrected chi connectivity index (χ3v) is 4.89. The van der Waals surface area contributed by atoms with Crippen LogP contribution in [-0.2, 0) is 9.53 Å². The molecule has 30 heavy (non-hydrogen) atoms. The summed E-state index contributed by atoms with van der Waals surface area (Å²) in [5.74, 6) is -0.485. The lowest BCUT2D eigenvalue weighted by Gasteiger charge is -2.21. The summed E-state index contributed by atoms with van der Waals surface area (Å²) in [4.78, 5) is 33.8. The molecule has 156 valence electrons. The van der Waals surface area contributed by atoms with E-state index in [0.717, 1.165) is 23.4 Å². The van der Waals surface area contributed by atoms with Crippen LogP contribution >= 0.6 is 0 Å². The van der Waals surface area contributed by atoms with Crippen LogP contribution in [-0.4, -0.2) is 28.5 Å². The second-order valence-electron chi connectivity index (χ2n) is 7.83. The van der Waals surface area contributed by atoms with Gasteiger partial charge in [-0.2, -0.15) is 0 Å². The molecule has 0 aliphatic heterocycles. The van der Waals surface area contributed by atoms with E-state index in [0.29, 0.717) is 22.5 Å². The quantitative estimate of drug-likeness (QED) is 0.593. The first-order valence-electron chi connectivity index (χ1n) is 10.1. The minimum absolute atomic E-state index is 0.125. The van der Waals surface area contributed by atoms with Crippen molar-refractivity contribution in [2.24, 2.45) is 5.92 Å². The minimum atomic E-state index is -0.563. The summed E-state index contributed by atoms with van der Waals surface area (Å²) in [5, 5.41) is 2.98. The number of amides is 1. The highest BCUT2D eigenvalue weighted by Crippen LogP contribution is 2.21. The third kappa shape index (κ3) is 5.41. The van der Waals surface area contributed by atoms with Gasteiger partial charge in [-0.05, 0) is 49.9 Å². The molecule has 3 rings (SSSR count). The molecule has 0 saturated heterocycles. The number of hydrogen-bond donors (Lipinski definition) is 1. The number of hydrogen-bond acceptors (Lipinski definition) is 5. The number of carbonyl (C=O) groups excluding carboxylic acids is 2. The molecule has 3 aromatic rings. The molecule has 1 amide bonds. The van der Waals surface area contributed by atoms with Crippen LogP contribution in [0.1, 0.15) is 53.6 Å². The molecule has 1 N–H and O–H groups in total. The number of aromatic nitrogens is 2. The summed E-state index contributed by atoms with van der Waals surface area (Å²) in [5.41, 5.74) is 4.37. The van der Waals surface area contributed by atoms with Gasteiger partial charge in [0.2, 0.25) is 0 Å². The van der Waals surface area contributed by atoms with Gasteiger partial charge >= 0.3 is 5.97 Å². The number of benzene rings is 2. The van der Waals surface area contributed by atoms with Crippen molar-refractivity contribution in [3.8, 4) is 0 Å². The van der Waals surface area contributed by atoms with Crippen molar-refractivity contribution in [3.05, 3.63) is 71.0 Å². The Morgan fingerprint density at radius 1 is 0.967 bits per heavy atom. The molecule has 0 fully saturated rings. The van der Waals surface area contributed by atoms with Crippen LogP contribution in [0.4, 0.5) is 0 Å². The van der Waals surface area contributed by atoms with E-state index in [2.05, 4.69) is 29.1 Å². The molecule has 0 radical (unpaired) electrons. The molecule has 0 unspecified atom stereocenters. The van der Waals surface area contributed by atoms with Crippen molar-refractivity contribution >= 4 is 22.9 Å². The number of fused-ring (bicyclic) bond motifs is 1. The highest BCUT2D eigenvalue weighted by Gasteiger charge is 2.18. The molecule has 6 heteroatoms. The number of ether oxygens (including phenoxy) is 1. The van der Waals surface area contributed by atoms with Crippen LogP contribution in [0, 0.1) is 19.8 Å². The molecule has 0 aliphatic rings. The Balaban J connectivity index is 1.64. The van der Waals surface area contributed by atoms with Gasteiger partial charge in [0.25, 0.3) is 5.91 Å². The monoisotopic (exact) mass is 405 g/mol. The van der Waals surface area contributed by atoms with Crippen molar-refractivity contribution in [2.45, 2.75) is 40.2 Å². The number of nitrogens with one attached hydrogen (secondary N) is 1. The number of nitrogens with zero attached hydrogens (tertiary/aromatic N) is 2. The largest absolute Gasteiger partial charge is 0.452 e. The number of rotatable bonds is 7. The molecule has 1 aromatic heterocycles. The summed E-state index contributed by atoms with van der Waals surface area (Å²) in [7, 11) is 0. The SMILES string of the molecule is Cc1nc2ccc(C(=O)OCC(=O)N[C@@H](CC(C)C)c3ccccc3)cc2nc1C. The molecule has 1 heterocycles. The normalized spacial score (nSPS) is 12.0. The standard InChI is InChI=1S/C24H27N3O3/c1-15(2)12-21(18-8-6-5-7-9-18)27-23(28)14-30-24(29)19-10-11-20-22(13-19)26-17(4)16(3)25-20/h5-11,13,15,21H,12,14H2,1-4H3,(H,27,28)/t21-/m0/s1. The molecular weight excluding hydrogens is 378 g/mol. The predicted molar refractivity (Wildman–Crippen MR) is 116 cm³/mol. The minimum Gasteiger partial charge on any atom is -0.452 e. The molecule has 0 aliphatic carbocycles. The lowest BCUT2D eigenvalue weighted by atomic mass is 9.97. The fourth-order valence-electron chi connectivity index (χ4n) is 3.24. The van der Waals surface area contributed by atoms with E-state index in [1.807, 2.05) is 44.2 Å². The van der Waals surface area contributed by atoms with Crippen LogP contribution in [0.2, 0.25) is 0 Å². The molecule has 0 bridgehead atoms. The molecule has 1 atom stereocenters. The average Bonchev–Trinajstić information content (AvgIpc) is 2.72. The summed E-state index contributed by atoms with van der Waals surface area (Å²) < 4.78 is 5.24. The van der Waals surface area contributed by atoms with Crippen LogP contribution in [0.15, 0.2) is 48.5 Å². The lowest BCUT2D eigenvalue weighted by Crippen LogP contribution is -2.33. The summed E-state index contributed by atoms with van der Waals surface area (Å²) >= 11 is 0. The first-order valence-corrected chi connectivity index (χ1v) is 10.1. The van der Waals surface area contributed by atoms with E-state index in [1.54, 1.807) is 18.2 Å². The fourth-order valence-corrected chi connectivity index (χ4v) is 3.24. The van der Waals surface area contributed by atoms with Gasteiger partial charge in [0.05, 0.1) is 34.0 Å². The van der Waals surface area contributed by atoms with Gasteiger partial charge in [0, 0.05) is 0 Å².